The lowest BCUT2D eigenvalue weighted by molar-refractivity contribution is -0.252. The average molecular weight is 333 g/mol. The summed E-state index contributed by atoms with van der Waals surface area (Å²) in [6.07, 6.45) is 0.295. The molecule has 2 rings (SSSR count). The average Bonchev–Trinajstić information content (AvgIpc) is 2.89. The highest BCUT2D eigenvalue weighted by Crippen LogP contribution is 2.43. The normalized spacial score (nSPS) is 23.5. The van der Waals surface area contributed by atoms with Crippen molar-refractivity contribution in [3.8, 4) is 0 Å². The molecule has 0 heterocycles. The fourth-order valence-electron chi connectivity index (χ4n) is 3.52. The number of rotatable bonds is 4. The van der Waals surface area contributed by atoms with Gasteiger partial charge in [0.25, 0.3) is 0 Å². The smallest absolute Gasteiger partial charge is 0.407 e. The summed E-state index contributed by atoms with van der Waals surface area (Å²) < 4.78 is 5.32. The molecule has 1 fully saturated rings. The third kappa shape index (κ3) is 3.99. The lowest BCUT2D eigenvalue weighted by Crippen LogP contribution is -2.66. The maximum absolute atomic E-state index is 12.3. The quantitative estimate of drug-likeness (QED) is 0.883. The third-order valence-electron chi connectivity index (χ3n) is 4.83. The molecule has 0 aliphatic heterocycles. The van der Waals surface area contributed by atoms with Gasteiger partial charge >= 0.3 is 6.09 Å². The standard InChI is InChI=1S/C18H26N2O4/c1-17(2,3)18(11-7-10-14(18)19-15(21)22)20-16(23)24-12-13-8-5-4-6-9-13/h4-6,8-9,14,19H,7,10-12H2,1-3H3,(H,20,23)(H,21,22)/p-1/t14-,18?/m0/s1. The third-order valence-corrected chi connectivity index (χ3v) is 4.83. The first-order valence-corrected chi connectivity index (χ1v) is 8.21. The number of carbonyl (C=O) groups excluding carboxylic acids is 2. The number of hydrogen-bond donors (Lipinski definition) is 2. The largest absolute Gasteiger partial charge is 0.530 e. The van der Waals surface area contributed by atoms with Gasteiger partial charge in [0.2, 0.25) is 0 Å². The summed E-state index contributed by atoms with van der Waals surface area (Å²) in [7, 11) is 0. The molecule has 0 aromatic heterocycles. The van der Waals surface area contributed by atoms with Gasteiger partial charge in [-0.15, -0.1) is 0 Å². The number of benzene rings is 1. The van der Waals surface area contributed by atoms with Gasteiger partial charge in [0.1, 0.15) is 12.7 Å². The van der Waals surface area contributed by atoms with Crippen LogP contribution in [0.4, 0.5) is 9.59 Å². The van der Waals surface area contributed by atoms with Gasteiger partial charge in [0, 0.05) is 0 Å². The van der Waals surface area contributed by atoms with Gasteiger partial charge in [0.05, 0.1) is 11.6 Å². The van der Waals surface area contributed by atoms with Gasteiger partial charge in [0.15, 0.2) is 0 Å². The van der Waals surface area contributed by atoms with Crippen molar-refractivity contribution in [1.29, 1.82) is 0 Å². The van der Waals surface area contributed by atoms with E-state index < -0.39 is 23.8 Å². The van der Waals surface area contributed by atoms with Crippen LogP contribution in [0.15, 0.2) is 30.3 Å². The van der Waals surface area contributed by atoms with E-state index in [0.29, 0.717) is 12.8 Å². The fourth-order valence-corrected chi connectivity index (χ4v) is 3.52. The van der Waals surface area contributed by atoms with Crippen molar-refractivity contribution in [2.24, 2.45) is 5.41 Å². The number of ether oxygens (including phenoxy) is 1. The molecule has 6 heteroatoms. The second-order valence-corrected chi connectivity index (χ2v) is 7.28. The van der Waals surface area contributed by atoms with Crippen LogP contribution in [0.5, 0.6) is 0 Å². The Hall–Kier alpha value is -2.24. The number of nitrogens with one attached hydrogen (secondary N) is 2. The van der Waals surface area contributed by atoms with Crippen LogP contribution in [0.1, 0.15) is 45.6 Å². The van der Waals surface area contributed by atoms with E-state index in [4.69, 9.17) is 4.74 Å². The Morgan fingerprint density at radius 2 is 1.96 bits per heavy atom. The highest BCUT2D eigenvalue weighted by atomic mass is 16.5. The van der Waals surface area contributed by atoms with E-state index in [2.05, 4.69) is 10.6 Å². The molecule has 2 N–H and O–H groups in total. The molecule has 1 aliphatic rings. The molecule has 0 radical (unpaired) electrons. The second kappa shape index (κ2) is 7.11. The van der Waals surface area contributed by atoms with Gasteiger partial charge in [-0.05, 0) is 30.2 Å². The number of alkyl carbamates (subject to hydrolysis) is 1. The van der Waals surface area contributed by atoms with Crippen LogP contribution in [0, 0.1) is 5.41 Å². The zero-order valence-corrected chi connectivity index (χ0v) is 14.4. The molecule has 1 aromatic carbocycles. The molecule has 132 valence electrons. The van der Waals surface area contributed by atoms with E-state index in [9.17, 15) is 14.7 Å². The van der Waals surface area contributed by atoms with Gasteiger partial charge in [-0.2, -0.15) is 0 Å². The van der Waals surface area contributed by atoms with Crippen LogP contribution >= 0.6 is 0 Å². The Bertz CT molecular complexity index is 582. The highest BCUT2D eigenvalue weighted by molar-refractivity contribution is 5.69. The van der Waals surface area contributed by atoms with Crippen molar-refractivity contribution in [3.63, 3.8) is 0 Å². The number of hydrogen-bond acceptors (Lipinski definition) is 4. The van der Waals surface area contributed by atoms with Crippen LogP contribution < -0.4 is 15.7 Å². The molecule has 1 unspecified atom stereocenters. The van der Waals surface area contributed by atoms with E-state index in [-0.39, 0.29) is 12.0 Å². The predicted octanol–water partition coefficient (Wildman–Crippen LogP) is 2.18. The summed E-state index contributed by atoms with van der Waals surface area (Å²) >= 11 is 0. The molecule has 24 heavy (non-hydrogen) atoms. The van der Waals surface area contributed by atoms with Crippen molar-refractivity contribution in [3.05, 3.63) is 35.9 Å². The maximum atomic E-state index is 12.3. The molecule has 6 nitrogen and oxygen atoms in total. The van der Waals surface area contributed by atoms with Crippen molar-refractivity contribution in [2.45, 2.75) is 58.2 Å². The van der Waals surface area contributed by atoms with Gasteiger partial charge < -0.3 is 25.3 Å². The highest BCUT2D eigenvalue weighted by Gasteiger charge is 2.52. The topological polar surface area (TPSA) is 90.5 Å². The minimum absolute atomic E-state index is 0.172. The maximum Gasteiger partial charge on any atom is 0.407 e. The molecule has 0 bridgehead atoms. The summed E-state index contributed by atoms with van der Waals surface area (Å²) in [4.78, 5) is 23.3. The van der Waals surface area contributed by atoms with Crippen LogP contribution in [0.25, 0.3) is 0 Å². The van der Waals surface area contributed by atoms with Crippen molar-refractivity contribution < 1.29 is 19.4 Å². The first-order valence-electron chi connectivity index (χ1n) is 8.21. The van der Waals surface area contributed by atoms with Crippen LogP contribution in [0.3, 0.4) is 0 Å². The van der Waals surface area contributed by atoms with E-state index in [0.717, 1.165) is 12.0 Å². The summed E-state index contributed by atoms with van der Waals surface area (Å²) in [6, 6.07) is 9.01. The van der Waals surface area contributed by atoms with Crippen LogP contribution in [-0.2, 0) is 11.3 Å². The lowest BCUT2D eigenvalue weighted by Gasteiger charge is -2.47. The molecule has 2 amide bonds. The molecule has 1 aliphatic carbocycles. The molecule has 1 aromatic rings. The molecular formula is C18H25N2O4-. The summed E-state index contributed by atoms with van der Waals surface area (Å²) in [5.74, 6) is 0. The van der Waals surface area contributed by atoms with Crippen molar-refractivity contribution in [1.82, 2.24) is 10.6 Å². The Balaban J connectivity index is 2.08. The molecule has 2 atom stereocenters. The van der Waals surface area contributed by atoms with E-state index in [1.165, 1.54) is 0 Å². The molecule has 0 spiro atoms. The summed E-state index contributed by atoms with van der Waals surface area (Å²) in [6.45, 7) is 6.13. The Labute approximate surface area is 142 Å². The monoisotopic (exact) mass is 333 g/mol. The van der Waals surface area contributed by atoms with Crippen LogP contribution in [0.2, 0.25) is 0 Å². The van der Waals surface area contributed by atoms with E-state index >= 15 is 0 Å². The predicted molar refractivity (Wildman–Crippen MR) is 88.1 cm³/mol. The Morgan fingerprint density at radius 1 is 1.29 bits per heavy atom. The molecule has 0 saturated heterocycles. The van der Waals surface area contributed by atoms with Gasteiger partial charge in [-0.25, -0.2) is 4.79 Å². The Kier molecular flexibility index (Phi) is 5.36. The number of amides is 2. The van der Waals surface area contributed by atoms with Crippen molar-refractivity contribution in [2.75, 3.05) is 0 Å². The Morgan fingerprint density at radius 3 is 2.54 bits per heavy atom. The van der Waals surface area contributed by atoms with Gasteiger partial charge in [-0.3, -0.25) is 0 Å². The first-order chi connectivity index (χ1) is 11.2. The molecule has 1 saturated carbocycles. The number of carbonyl (C=O) groups is 2. The minimum Gasteiger partial charge on any atom is -0.530 e. The first kappa shape index (κ1) is 18.1. The summed E-state index contributed by atoms with van der Waals surface area (Å²) in [5, 5.41) is 16.4. The summed E-state index contributed by atoms with van der Waals surface area (Å²) in [5.41, 5.74) is -0.156. The van der Waals surface area contributed by atoms with Crippen molar-refractivity contribution >= 4 is 12.2 Å². The SMILES string of the molecule is CC(C)(C)C1(NC(=O)OCc2ccccc2)CCC[C@@H]1NC(=O)[O-]. The zero-order chi connectivity index (χ0) is 17.8. The fraction of sp³-hybridized carbons (Fsp3) is 0.556. The van der Waals surface area contributed by atoms with E-state index in [1.807, 2.05) is 51.1 Å². The lowest BCUT2D eigenvalue weighted by atomic mass is 9.70. The second-order valence-electron chi connectivity index (χ2n) is 7.28. The minimum atomic E-state index is -1.32. The van der Waals surface area contributed by atoms with E-state index in [1.54, 1.807) is 0 Å². The number of carboxylic acid groups (broad SMARTS) is 1. The molecular weight excluding hydrogens is 308 g/mol. The zero-order valence-electron chi connectivity index (χ0n) is 14.4. The van der Waals surface area contributed by atoms with Crippen LogP contribution in [-0.4, -0.2) is 23.8 Å². The van der Waals surface area contributed by atoms with Gasteiger partial charge in [-0.1, -0.05) is 51.1 Å².